The fourth-order valence-corrected chi connectivity index (χ4v) is 3.23. The van der Waals surface area contributed by atoms with Gasteiger partial charge in [0.15, 0.2) is 0 Å². The van der Waals surface area contributed by atoms with Crippen LogP contribution in [-0.4, -0.2) is 16.5 Å². The minimum absolute atomic E-state index is 0.765. The number of aromatic nitrogens is 2. The fourth-order valence-electron chi connectivity index (χ4n) is 2.35. The first kappa shape index (κ1) is 13.9. The van der Waals surface area contributed by atoms with E-state index < -0.39 is 0 Å². The Morgan fingerprint density at radius 3 is 2.85 bits per heavy atom. The van der Waals surface area contributed by atoms with E-state index in [2.05, 4.69) is 22.2 Å². The van der Waals surface area contributed by atoms with Gasteiger partial charge in [-0.3, -0.25) is 0 Å². The van der Waals surface area contributed by atoms with Crippen LogP contribution in [0.3, 0.4) is 0 Å². The van der Waals surface area contributed by atoms with Gasteiger partial charge in [-0.05, 0) is 49.7 Å². The highest BCUT2D eigenvalue weighted by molar-refractivity contribution is 7.98. The zero-order valence-corrected chi connectivity index (χ0v) is 12.9. The van der Waals surface area contributed by atoms with Gasteiger partial charge in [0.1, 0.15) is 5.82 Å². The lowest BCUT2D eigenvalue weighted by atomic mass is 10.1. The standard InChI is InChI=1S/C15H16ClN3S/c1-10-13-6-7-17-8-14(13)19-15(18-10)9-20-12-4-2-11(16)3-5-12/h2-5,17H,6-9H2,1H3. The summed E-state index contributed by atoms with van der Waals surface area (Å²) in [4.78, 5) is 10.5. The summed E-state index contributed by atoms with van der Waals surface area (Å²) in [7, 11) is 0. The zero-order valence-electron chi connectivity index (χ0n) is 11.3. The van der Waals surface area contributed by atoms with E-state index in [0.717, 1.165) is 47.5 Å². The van der Waals surface area contributed by atoms with Gasteiger partial charge in [0, 0.05) is 22.2 Å². The Bertz CT molecular complexity index is 613. The molecule has 0 amide bonds. The molecular formula is C15H16ClN3S. The highest BCUT2D eigenvalue weighted by Crippen LogP contribution is 2.24. The van der Waals surface area contributed by atoms with E-state index in [4.69, 9.17) is 11.6 Å². The molecule has 1 aromatic heterocycles. The molecule has 0 unspecified atom stereocenters. The van der Waals surface area contributed by atoms with Crippen LogP contribution >= 0.6 is 23.4 Å². The molecule has 104 valence electrons. The van der Waals surface area contributed by atoms with Crippen molar-refractivity contribution in [1.29, 1.82) is 0 Å². The average molecular weight is 306 g/mol. The van der Waals surface area contributed by atoms with E-state index in [0.29, 0.717) is 0 Å². The van der Waals surface area contributed by atoms with E-state index in [1.807, 2.05) is 24.3 Å². The van der Waals surface area contributed by atoms with Crippen molar-refractivity contribution in [1.82, 2.24) is 15.3 Å². The molecule has 0 aliphatic carbocycles. The zero-order chi connectivity index (χ0) is 13.9. The van der Waals surface area contributed by atoms with E-state index in [1.165, 1.54) is 10.5 Å². The third-order valence-corrected chi connectivity index (χ3v) is 4.63. The van der Waals surface area contributed by atoms with Crippen molar-refractivity contribution in [2.24, 2.45) is 0 Å². The van der Waals surface area contributed by atoms with Gasteiger partial charge < -0.3 is 5.32 Å². The van der Waals surface area contributed by atoms with Crippen LogP contribution < -0.4 is 5.32 Å². The average Bonchev–Trinajstić information content (AvgIpc) is 2.47. The summed E-state index contributed by atoms with van der Waals surface area (Å²) in [5.41, 5.74) is 3.61. The minimum atomic E-state index is 0.765. The predicted octanol–water partition coefficient (Wildman–Crippen LogP) is 3.38. The van der Waals surface area contributed by atoms with Gasteiger partial charge in [0.25, 0.3) is 0 Å². The number of rotatable bonds is 3. The van der Waals surface area contributed by atoms with Crippen molar-refractivity contribution in [3.63, 3.8) is 0 Å². The SMILES string of the molecule is Cc1nc(CSc2ccc(Cl)cc2)nc2c1CCNC2. The van der Waals surface area contributed by atoms with E-state index in [-0.39, 0.29) is 0 Å². The van der Waals surface area contributed by atoms with Crippen LogP contribution in [0.1, 0.15) is 22.8 Å². The number of halogens is 1. The van der Waals surface area contributed by atoms with Crippen LogP contribution in [0.4, 0.5) is 0 Å². The molecule has 0 radical (unpaired) electrons. The molecule has 0 saturated heterocycles. The van der Waals surface area contributed by atoms with Crippen LogP contribution in [0, 0.1) is 6.92 Å². The highest BCUT2D eigenvalue weighted by atomic mass is 35.5. The lowest BCUT2D eigenvalue weighted by Gasteiger charge is -2.18. The Morgan fingerprint density at radius 2 is 2.05 bits per heavy atom. The Labute approximate surface area is 128 Å². The van der Waals surface area contributed by atoms with E-state index in [1.54, 1.807) is 11.8 Å². The second-order valence-electron chi connectivity index (χ2n) is 4.82. The fraction of sp³-hybridized carbons (Fsp3) is 0.333. The number of nitrogens with one attached hydrogen (secondary N) is 1. The van der Waals surface area contributed by atoms with Crippen LogP contribution in [0.15, 0.2) is 29.2 Å². The molecule has 1 aromatic carbocycles. The number of hydrogen-bond acceptors (Lipinski definition) is 4. The van der Waals surface area contributed by atoms with E-state index in [9.17, 15) is 0 Å². The summed E-state index contributed by atoms with van der Waals surface area (Å²) in [6, 6.07) is 7.87. The van der Waals surface area contributed by atoms with E-state index >= 15 is 0 Å². The topological polar surface area (TPSA) is 37.8 Å². The minimum Gasteiger partial charge on any atom is -0.311 e. The van der Waals surface area contributed by atoms with Gasteiger partial charge in [0.2, 0.25) is 0 Å². The normalized spacial score (nSPS) is 14.1. The summed E-state index contributed by atoms with van der Waals surface area (Å²) in [6.45, 7) is 3.97. The molecule has 20 heavy (non-hydrogen) atoms. The molecule has 0 spiro atoms. The molecule has 5 heteroatoms. The number of aryl methyl sites for hydroxylation is 1. The lowest BCUT2D eigenvalue weighted by molar-refractivity contribution is 0.614. The lowest BCUT2D eigenvalue weighted by Crippen LogP contribution is -2.26. The molecule has 1 aliphatic rings. The maximum Gasteiger partial charge on any atom is 0.139 e. The number of fused-ring (bicyclic) bond motifs is 1. The van der Waals surface area contributed by atoms with Crippen molar-refractivity contribution in [2.75, 3.05) is 6.54 Å². The second kappa shape index (κ2) is 6.12. The molecule has 1 aliphatic heterocycles. The molecule has 2 aromatic rings. The van der Waals surface area contributed by atoms with Gasteiger partial charge in [-0.1, -0.05) is 11.6 Å². The summed E-state index contributed by atoms with van der Waals surface area (Å²) in [6.07, 6.45) is 1.03. The quantitative estimate of drug-likeness (QED) is 0.882. The Kier molecular flexibility index (Phi) is 4.24. The monoisotopic (exact) mass is 305 g/mol. The third-order valence-electron chi connectivity index (χ3n) is 3.37. The maximum atomic E-state index is 5.89. The van der Waals surface area contributed by atoms with Crippen molar-refractivity contribution in [3.05, 3.63) is 52.1 Å². The number of hydrogen-bond donors (Lipinski definition) is 1. The van der Waals surface area contributed by atoms with Crippen LogP contribution in [-0.2, 0) is 18.7 Å². The Morgan fingerprint density at radius 1 is 1.25 bits per heavy atom. The van der Waals surface area contributed by atoms with Gasteiger partial charge in [-0.15, -0.1) is 11.8 Å². The predicted molar refractivity (Wildman–Crippen MR) is 83.2 cm³/mol. The molecule has 2 heterocycles. The smallest absolute Gasteiger partial charge is 0.139 e. The molecule has 1 N–H and O–H groups in total. The molecular weight excluding hydrogens is 290 g/mol. The molecule has 0 atom stereocenters. The van der Waals surface area contributed by atoms with Gasteiger partial charge >= 0.3 is 0 Å². The first-order valence-electron chi connectivity index (χ1n) is 6.67. The van der Waals surface area contributed by atoms with Gasteiger partial charge in [-0.2, -0.15) is 0 Å². The molecule has 0 fully saturated rings. The highest BCUT2D eigenvalue weighted by Gasteiger charge is 2.14. The van der Waals surface area contributed by atoms with Gasteiger partial charge in [-0.25, -0.2) is 9.97 Å². The summed E-state index contributed by atoms with van der Waals surface area (Å²) >= 11 is 7.63. The first-order chi connectivity index (χ1) is 9.72. The first-order valence-corrected chi connectivity index (χ1v) is 8.03. The van der Waals surface area contributed by atoms with Crippen molar-refractivity contribution < 1.29 is 0 Å². The maximum absolute atomic E-state index is 5.89. The Balaban J connectivity index is 1.74. The number of benzene rings is 1. The largest absolute Gasteiger partial charge is 0.311 e. The summed E-state index contributed by atoms with van der Waals surface area (Å²) < 4.78 is 0. The third kappa shape index (κ3) is 3.14. The number of thioether (sulfide) groups is 1. The molecule has 0 bridgehead atoms. The van der Waals surface area contributed by atoms with Crippen LogP contribution in [0.5, 0.6) is 0 Å². The number of nitrogens with zero attached hydrogens (tertiary/aromatic N) is 2. The second-order valence-corrected chi connectivity index (χ2v) is 6.31. The molecule has 3 rings (SSSR count). The van der Waals surface area contributed by atoms with Gasteiger partial charge in [0.05, 0.1) is 11.4 Å². The van der Waals surface area contributed by atoms with Crippen LogP contribution in [0.2, 0.25) is 5.02 Å². The van der Waals surface area contributed by atoms with Crippen molar-refractivity contribution in [2.45, 2.75) is 30.5 Å². The van der Waals surface area contributed by atoms with Crippen molar-refractivity contribution in [3.8, 4) is 0 Å². The molecule has 3 nitrogen and oxygen atoms in total. The molecule has 0 saturated carbocycles. The Hall–Kier alpha value is -1.10. The summed E-state index contributed by atoms with van der Waals surface area (Å²) in [5.74, 6) is 1.69. The summed E-state index contributed by atoms with van der Waals surface area (Å²) in [5, 5.41) is 4.13. The van der Waals surface area contributed by atoms with Crippen LogP contribution in [0.25, 0.3) is 0 Å². The van der Waals surface area contributed by atoms with Crippen molar-refractivity contribution >= 4 is 23.4 Å².